The van der Waals surface area contributed by atoms with E-state index in [1.165, 1.54) is 18.6 Å². The lowest BCUT2D eigenvalue weighted by atomic mass is 9.75. The van der Waals surface area contributed by atoms with Crippen molar-refractivity contribution in [3.63, 3.8) is 0 Å². The van der Waals surface area contributed by atoms with Crippen molar-refractivity contribution in [1.29, 1.82) is 0 Å². The fourth-order valence-electron chi connectivity index (χ4n) is 3.74. The van der Waals surface area contributed by atoms with Gasteiger partial charge >= 0.3 is 0 Å². The van der Waals surface area contributed by atoms with Crippen molar-refractivity contribution in [3.05, 3.63) is 23.8 Å². The lowest BCUT2D eigenvalue weighted by Gasteiger charge is -2.30. The van der Waals surface area contributed by atoms with Gasteiger partial charge in [0.25, 0.3) is 0 Å². The first-order valence-corrected chi connectivity index (χ1v) is 7.32. The van der Waals surface area contributed by atoms with E-state index in [1.807, 2.05) is 0 Å². The Labute approximate surface area is 97.2 Å². The minimum Gasteiger partial charge on any atom is -0.158 e. The third kappa shape index (κ3) is 1.51. The van der Waals surface area contributed by atoms with Gasteiger partial charge in [0.15, 0.2) is 0 Å². The Bertz CT molecular complexity index is 313. The Morgan fingerprint density at radius 3 is 3.07 bits per heavy atom. The molecule has 0 spiro atoms. The predicted molar refractivity (Wildman–Crippen MR) is 68.0 cm³/mol. The Morgan fingerprint density at radius 1 is 1.40 bits per heavy atom. The Hall–Kier alpha value is -0.170. The van der Waals surface area contributed by atoms with Gasteiger partial charge in [0.05, 0.1) is 0 Å². The standard InChI is InChI=1S/C14H20S/c1-9(2)11-5-3-4-10-8-13-12(14(10)11)6-7-15-13/h3-5,9-10,12-14H,6-8H2,1-2H3. The predicted octanol–water partition coefficient (Wildman–Crippen LogP) is 3.90. The van der Waals surface area contributed by atoms with Crippen LogP contribution in [0.5, 0.6) is 0 Å². The zero-order chi connectivity index (χ0) is 10.4. The van der Waals surface area contributed by atoms with Crippen LogP contribution in [-0.4, -0.2) is 11.0 Å². The molecule has 1 heteroatoms. The highest BCUT2D eigenvalue weighted by molar-refractivity contribution is 8.00. The van der Waals surface area contributed by atoms with Gasteiger partial charge in [-0.2, -0.15) is 11.8 Å². The molecule has 3 rings (SSSR count). The van der Waals surface area contributed by atoms with Gasteiger partial charge in [0.1, 0.15) is 0 Å². The number of hydrogen-bond acceptors (Lipinski definition) is 1. The van der Waals surface area contributed by atoms with E-state index >= 15 is 0 Å². The van der Waals surface area contributed by atoms with Crippen molar-refractivity contribution in [1.82, 2.24) is 0 Å². The monoisotopic (exact) mass is 220 g/mol. The second-order valence-electron chi connectivity index (χ2n) is 5.49. The van der Waals surface area contributed by atoms with Crippen LogP contribution in [0.3, 0.4) is 0 Å². The van der Waals surface area contributed by atoms with Crippen molar-refractivity contribution in [2.24, 2.45) is 23.7 Å². The summed E-state index contributed by atoms with van der Waals surface area (Å²) in [5.41, 5.74) is 1.73. The lowest BCUT2D eigenvalue weighted by Crippen LogP contribution is -2.22. The molecule has 0 N–H and O–H groups in total. The first-order valence-electron chi connectivity index (χ1n) is 6.27. The van der Waals surface area contributed by atoms with Crippen LogP contribution in [-0.2, 0) is 0 Å². The van der Waals surface area contributed by atoms with E-state index in [0.717, 1.165) is 28.9 Å². The van der Waals surface area contributed by atoms with Crippen LogP contribution in [0, 0.1) is 23.7 Å². The number of allylic oxidation sites excluding steroid dienone is 4. The Kier molecular flexibility index (Phi) is 2.47. The highest BCUT2D eigenvalue weighted by Gasteiger charge is 2.47. The van der Waals surface area contributed by atoms with E-state index in [2.05, 4.69) is 43.8 Å². The summed E-state index contributed by atoms with van der Waals surface area (Å²) in [4.78, 5) is 0. The van der Waals surface area contributed by atoms with Gasteiger partial charge in [0, 0.05) is 5.25 Å². The molecular weight excluding hydrogens is 200 g/mol. The van der Waals surface area contributed by atoms with Gasteiger partial charge in [-0.25, -0.2) is 0 Å². The normalized spacial score (nSPS) is 43.0. The first-order chi connectivity index (χ1) is 7.27. The zero-order valence-electron chi connectivity index (χ0n) is 9.65. The fourth-order valence-corrected chi connectivity index (χ4v) is 5.36. The molecule has 0 aromatic heterocycles. The average Bonchev–Trinajstić information content (AvgIpc) is 2.75. The quantitative estimate of drug-likeness (QED) is 0.646. The number of hydrogen-bond donors (Lipinski definition) is 0. The Morgan fingerprint density at radius 2 is 2.27 bits per heavy atom. The molecule has 0 aromatic carbocycles. The van der Waals surface area contributed by atoms with Gasteiger partial charge in [0.2, 0.25) is 0 Å². The molecule has 15 heavy (non-hydrogen) atoms. The maximum Gasteiger partial charge on any atom is 0.00873 e. The van der Waals surface area contributed by atoms with E-state index in [-0.39, 0.29) is 0 Å². The molecule has 0 radical (unpaired) electrons. The molecule has 0 aromatic rings. The van der Waals surface area contributed by atoms with Crippen molar-refractivity contribution in [3.8, 4) is 0 Å². The van der Waals surface area contributed by atoms with Gasteiger partial charge in [-0.05, 0) is 42.3 Å². The van der Waals surface area contributed by atoms with E-state index < -0.39 is 0 Å². The largest absolute Gasteiger partial charge is 0.158 e. The van der Waals surface area contributed by atoms with Crippen LogP contribution in [0.15, 0.2) is 23.8 Å². The number of fused-ring (bicyclic) bond motifs is 3. The van der Waals surface area contributed by atoms with Crippen LogP contribution in [0.4, 0.5) is 0 Å². The molecular formula is C14H20S. The third-order valence-electron chi connectivity index (χ3n) is 4.39. The average molecular weight is 220 g/mol. The van der Waals surface area contributed by atoms with Gasteiger partial charge in [-0.15, -0.1) is 0 Å². The van der Waals surface area contributed by atoms with E-state index in [0.29, 0.717) is 0 Å². The van der Waals surface area contributed by atoms with Crippen LogP contribution >= 0.6 is 11.8 Å². The second kappa shape index (κ2) is 3.69. The summed E-state index contributed by atoms with van der Waals surface area (Å²) in [6, 6.07) is 0. The molecule has 82 valence electrons. The van der Waals surface area contributed by atoms with E-state index in [4.69, 9.17) is 0 Å². The summed E-state index contributed by atoms with van der Waals surface area (Å²) in [7, 11) is 0. The lowest BCUT2D eigenvalue weighted by molar-refractivity contribution is 0.374. The van der Waals surface area contributed by atoms with Crippen molar-refractivity contribution in [2.75, 3.05) is 5.75 Å². The molecule has 1 heterocycles. The number of rotatable bonds is 1. The molecule has 3 aliphatic rings. The maximum atomic E-state index is 2.47. The van der Waals surface area contributed by atoms with Crippen LogP contribution in [0.2, 0.25) is 0 Å². The number of thioether (sulfide) groups is 1. The molecule has 2 fully saturated rings. The molecule has 0 amide bonds. The molecule has 1 aliphatic heterocycles. The van der Waals surface area contributed by atoms with Crippen LogP contribution in [0.1, 0.15) is 26.7 Å². The summed E-state index contributed by atoms with van der Waals surface area (Å²) in [6.07, 6.45) is 10.1. The van der Waals surface area contributed by atoms with Gasteiger partial charge in [-0.1, -0.05) is 37.6 Å². The molecule has 4 atom stereocenters. The van der Waals surface area contributed by atoms with Crippen molar-refractivity contribution >= 4 is 11.8 Å². The summed E-state index contributed by atoms with van der Waals surface area (Å²) in [6.45, 7) is 4.72. The molecule has 1 saturated carbocycles. The minimum absolute atomic E-state index is 0.742. The summed E-state index contributed by atoms with van der Waals surface area (Å²) in [5.74, 6) is 4.92. The summed E-state index contributed by atoms with van der Waals surface area (Å²) >= 11 is 2.23. The molecule has 0 nitrogen and oxygen atoms in total. The van der Waals surface area contributed by atoms with E-state index in [9.17, 15) is 0 Å². The molecule has 2 aliphatic carbocycles. The van der Waals surface area contributed by atoms with Gasteiger partial charge in [-0.3, -0.25) is 0 Å². The topological polar surface area (TPSA) is 0 Å². The van der Waals surface area contributed by atoms with Crippen LogP contribution < -0.4 is 0 Å². The summed E-state index contributed by atoms with van der Waals surface area (Å²) in [5, 5.41) is 0.977. The van der Waals surface area contributed by atoms with Gasteiger partial charge < -0.3 is 0 Å². The third-order valence-corrected chi connectivity index (χ3v) is 5.83. The zero-order valence-corrected chi connectivity index (χ0v) is 10.5. The van der Waals surface area contributed by atoms with E-state index in [1.54, 1.807) is 5.57 Å². The molecule has 0 bridgehead atoms. The summed E-state index contributed by atoms with van der Waals surface area (Å²) < 4.78 is 0. The smallest absolute Gasteiger partial charge is 0.00873 e. The maximum absolute atomic E-state index is 2.47. The SMILES string of the molecule is CC(C)C1=CC=CC2CC3SCCC3C12. The highest BCUT2D eigenvalue weighted by Crippen LogP contribution is 2.54. The Balaban J connectivity index is 1.92. The van der Waals surface area contributed by atoms with Crippen molar-refractivity contribution < 1.29 is 0 Å². The highest BCUT2D eigenvalue weighted by atomic mass is 32.2. The first kappa shape index (κ1) is 10.0. The molecule has 1 saturated heterocycles. The molecule has 4 unspecified atom stereocenters. The fraction of sp³-hybridized carbons (Fsp3) is 0.714. The van der Waals surface area contributed by atoms with Crippen molar-refractivity contribution in [2.45, 2.75) is 31.9 Å². The second-order valence-corrected chi connectivity index (χ2v) is 6.84. The van der Waals surface area contributed by atoms with Crippen LogP contribution in [0.25, 0.3) is 0 Å². The minimum atomic E-state index is 0.742.